The fourth-order valence-electron chi connectivity index (χ4n) is 1.99. The molecule has 0 radical (unpaired) electrons. The Labute approximate surface area is 88.4 Å². The number of aromatic nitrogens is 1. The van der Waals surface area contributed by atoms with Gasteiger partial charge >= 0.3 is 0 Å². The first-order chi connectivity index (χ1) is 6.77. The zero-order chi connectivity index (χ0) is 9.97. The third-order valence-electron chi connectivity index (χ3n) is 2.84. The third-order valence-corrected chi connectivity index (χ3v) is 3.84. The van der Waals surface area contributed by atoms with E-state index in [9.17, 15) is 4.79 Å². The zero-order valence-electron chi connectivity index (χ0n) is 8.45. The Morgan fingerprint density at radius 3 is 2.71 bits per heavy atom. The topological polar surface area (TPSA) is 30.0 Å². The van der Waals surface area contributed by atoms with Crippen molar-refractivity contribution in [1.82, 2.24) is 4.98 Å². The van der Waals surface area contributed by atoms with Gasteiger partial charge in [-0.3, -0.25) is 4.79 Å². The molecule has 2 nitrogen and oxygen atoms in total. The molecular weight excluding hydrogens is 194 g/mol. The Morgan fingerprint density at radius 2 is 2.14 bits per heavy atom. The van der Waals surface area contributed by atoms with Crippen LogP contribution in [0.2, 0.25) is 0 Å². The SMILES string of the molecule is CC(=O)c1csc(C2CCCCC2)n1. The van der Waals surface area contributed by atoms with Gasteiger partial charge in [-0.15, -0.1) is 11.3 Å². The minimum absolute atomic E-state index is 0.0864. The Bertz CT molecular complexity index is 326. The van der Waals surface area contributed by atoms with Gasteiger partial charge in [0.1, 0.15) is 5.69 Å². The molecule has 1 saturated carbocycles. The average molecular weight is 209 g/mol. The van der Waals surface area contributed by atoms with Gasteiger partial charge in [-0.2, -0.15) is 0 Å². The first-order valence-electron chi connectivity index (χ1n) is 5.24. The minimum atomic E-state index is 0.0864. The number of hydrogen-bond acceptors (Lipinski definition) is 3. The summed E-state index contributed by atoms with van der Waals surface area (Å²) in [7, 11) is 0. The van der Waals surface area contributed by atoms with Crippen LogP contribution in [0.3, 0.4) is 0 Å². The van der Waals surface area contributed by atoms with Gasteiger partial charge in [0.2, 0.25) is 0 Å². The summed E-state index contributed by atoms with van der Waals surface area (Å²) in [6, 6.07) is 0. The fraction of sp³-hybridized carbons (Fsp3) is 0.636. The molecule has 2 rings (SSSR count). The third kappa shape index (κ3) is 2.03. The van der Waals surface area contributed by atoms with E-state index in [0.29, 0.717) is 11.6 Å². The van der Waals surface area contributed by atoms with Crippen LogP contribution in [0.15, 0.2) is 5.38 Å². The van der Waals surface area contributed by atoms with Crippen molar-refractivity contribution in [1.29, 1.82) is 0 Å². The highest BCUT2D eigenvalue weighted by Crippen LogP contribution is 2.34. The van der Waals surface area contributed by atoms with Crippen LogP contribution in [-0.2, 0) is 0 Å². The maximum Gasteiger partial charge on any atom is 0.178 e. The first kappa shape index (κ1) is 9.84. The Balaban J connectivity index is 2.11. The molecule has 1 aliphatic rings. The van der Waals surface area contributed by atoms with Crippen LogP contribution in [0.25, 0.3) is 0 Å². The highest BCUT2D eigenvalue weighted by Gasteiger charge is 2.19. The van der Waals surface area contributed by atoms with Crippen LogP contribution in [0.4, 0.5) is 0 Å². The van der Waals surface area contributed by atoms with E-state index < -0.39 is 0 Å². The Morgan fingerprint density at radius 1 is 1.43 bits per heavy atom. The first-order valence-corrected chi connectivity index (χ1v) is 6.11. The van der Waals surface area contributed by atoms with E-state index >= 15 is 0 Å². The van der Waals surface area contributed by atoms with Crippen LogP contribution in [0.1, 0.15) is 60.4 Å². The van der Waals surface area contributed by atoms with Crippen LogP contribution >= 0.6 is 11.3 Å². The molecular formula is C11H15NOS. The maximum atomic E-state index is 11.1. The standard InChI is InChI=1S/C11H15NOS/c1-8(13)10-7-14-11(12-10)9-5-3-2-4-6-9/h7,9H,2-6H2,1H3. The van der Waals surface area contributed by atoms with Crippen LogP contribution < -0.4 is 0 Å². The van der Waals surface area contributed by atoms with Crippen molar-refractivity contribution < 1.29 is 4.79 Å². The summed E-state index contributed by atoms with van der Waals surface area (Å²) in [5.41, 5.74) is 0.649. The fourth-order valence-corrected chi connectivity index (χ4v) is 3.02. The quantitative estimate of drug-likeness (QED) is 0.699. The van der Waals surface area contributed by atoms with Crippen molar-refractivity contribution in [3.05, 3.63) is 16.1 Å². The van der Waals surface area contributed by atoms with Gasteiger partial charge in [-0.1, -0.05) is 19.3 Å². The summed E-state index contributed by atoms with van der Waals surface area (Å²) in [5, 5.41) is 3.07. The minimum Gasteiger partial charge on any atom is -0.293 e. The maximum absolute atomic E-state index is 11.1. The number of thiazole rings is 1. The lowest BCUT2D eigenvalue weighted by Gasteiger charge is -2.18. The smallest absolute Gasteiger partial charge is 0.178 e. The number of ketones is 1. The molecule has 0 spiro atoms. The Kier molecular flexibility index (Phi) is 2.96. The van der Waals surface area contributed by atoms with Gasteiger partial charge in [0, 0.05) is 18.2 Å². The molecule has 1 aromatic heterocycles. The number of carbonyl (C=O) groups excluding carboxylic acids is 1. The second kappa shape index (κ2) is 4.22. The highest BCUT2D eigenvalue weighted by molar-refractivity contribution is 7.09. The molecule has 0 atom stereocenters. The van der Waals surface area contributed by atoms with E-state index in [2.05, 4.69) is 4.98 Å². The summed E-state index contributed by atoms with van der Waals surface area (Å²) in [6.07, 6.45) is 6.51. The van der Waals surface area contributed by atoms with E-state index in [-0.39, 0.29) is 5.78 Å². The van der Waals surface area contributed by atoms with Gasteiger partial charge in [0.05, 0.1) is 5.01 Å². The number of nitrogens with zero attached hydrogens (tertiary/aromatic N) is 1. The van der Waals surface area contributed by atoms with E-state index in [1.807, 2.05) is 5.38 Å². The molecule has 0 amide bonds. The lowest BCUT2D eigenvalue weighted by molar-refractivity contribution is 0.101. The molecule has 14 heavy (non-hydrogen) atoms. The van der Waals surface area contributed by atoms with Crippen molar-refractivity contribution in [3.8, 4) is 0 Å². The second-order valence-electron chi connectivity index (χ2n) is 3.96. The highest BCUT2D eigenvalue weighted by atomic mass is 32.1. The number of carbonyl (C=O) groups is 1. The molecule has 0 aliphatic heterocycles. The molecule has 0 saturated heterocycles. The molecule has 0 unspecified atom stereocenters. The number of rotatable bonds is 2. The molecule has 76 valence electrons. The van der Waals surface area contributed by atoms with E-state index in [1.165, 1.54) is 37.1 Å². The summed E-state index contributed by atoms with van der Waals surface area (Å²) in [6.45, 7) is 1.58. The summed E-state index contributed by atoms with van der Waals surface area (Å²) >= 11 is 1.65. The predicted octanol–water partition coefficient (Wildman–Crippen LogP) is 3.39. The molecule has 3 heteroatoms. The molecule has 0 bridgehead atoms. The van der Waals surface area contributed by atoms with E-state index in [4.69, 9.17) is 0 Å². The largest absolute Gasteiger partial charge is 0.293 e. The van der Waals surface area contributed by atoms with E-state index in [0.717, 1.165) is 0 Å². The number of Topliss-reactive ketones (excluding diaryl/α,β-unsaturated/α-hetero) is 1. The van der Waals surface area contributed by atoms with Crippen LogP contribution in [-0.4, -0.2) is 10.8 Å². The van der Waals surface area contributed by atoms with Gasteiger partial charge in [-0.05, 0) is 12.8 Å². The molecule has 0 aromatic carbocycles. The Hall–Kier alpha value is -0.700. The summed E-state index contributed by atoms with van der Waals surface area (Å²) < 4.78 is 0. The van der Waals surface area contributed by atoms with Gasteiger partial charge in [-0.25, -0.2) is 4.98 Å². The summed E-state index contributed by atoms with van der Waals surface area (Å²) in [5.74, 6) is 0.713. The molecule has 1 aromatic rings. The second-order valence-corrected chi connectivity index (χ2v) is 4.85. The van der Waals surface area contributed by atoms with Crippen molar-refractivity contribution in [3.63, 3.8) is 0 Å². The van der Waals surface area contributed by atoms with Gasteiger partial charge in [0.25, 0.3) is 0 Å². The van der Waals surface area contributed by atoms with Crippen molar-refractivity contribution >= 4 is 17.1 Å². The van der Waals surface area contributed by atoms with Gasteiger partial charge < -0.3 is 0 Å². The number of hydrogen-bond donors (Lipinski definition) is 0. The van der Waals surface area contributed by atoms with Crippen molar-refractivity contribution in [2.45, 2.75) is 44.9 Å². The molecule has 1 fully saturated rings. The van der Waals surface area contributed by atoms with Gasteiger partial charge in [0.15, 0.2) is 5.78 Å². The average Bonchev–Trinajstić information content (AvgIpc) is 2.68. The van der Waals surface area contributed by atoms with Crippen LogP contribution in [0, 0.1) is 0 Å². The normalized spacial score (nSPS) is 18.4. The van der Waals surface area contributed by atoms with Crippen LogP contribution in [0.5, 0.6) is 0 Å². The summed E-state index contributed by atoms with van der Waals surface area (Å²) in [4.78, 5) is 15.5. The lowest BCUT2D eigenvalue weighted by Crippen LogP contribution is -2.04. The van der Waals surface area contributed by atoms with Crippen molar-refractivity contribution in [2.24, 2.45) is 0 Å². The van der Waals surface area contributed by atoms with Crippen molar-refractivity contribution in [2.75, 3.05) is 0 Å². The zero-order valence-corrected chi connectivity index (χ0v) is 9.27. The predicted molar refractivity (Wildman–Crippen MR) is 57.9 cm³/mol. The van der Waals surface area contributed by atoms with E-state index in [1.54, 1.807) is 18.3 Å². The molecule has 1 heterocycles. The lowest BCUT2D eigenvalue weighted by atomic mass is 9.90. The molecule has 1 aliphatic carbocycles. The molecule has 0 N–H and O–H groups in total. The monoisotopic (exact) mass is 209 g/mol.